The molecule has 0 aliphatic heterocycles. The third kappa shape index (κ3) is 3.49. The average molecular weight is 356 g/mol. The number of benzene rings is 2. The number of hydrogen-bond donors (Lipinski definition) is 1. The molecule has 2 aromatic carbocycles. The Labute approximate surface area is 130 Å². The molecule has 0 aliphatic carbocycles. The van der Waals surface area contributed by atoms with Crippen LogP contribution in [0.5, 0.6) is 0 Å². The molecule has 0 spiro atoms. The highest BCUT2D eigenvalue weighted by Gasteiger charge is 2.09. The summed E-state index contributed by atoms with van der Waals surface area (Å²) in [7, 11) is 0. The first-order chi connectivity index (χ1) is 9.47. The molecule has 0 fully saturated rings. The Hall–Kier alpha value is -1.59. The van der Waals surface area contributed by atoms with Crippen LogP contribution in [0.15, 0.2) is 40.9 Å². The summed E-state index contributed by atoms with van der Waals surface area (Å²) in [5.41, 5.74) is 2.94. The Kier molecular flexibility index (Phi) is 4.62. The van der Waals surface area contributed by atoms with E-state index < -0.39 is 4.92 Å². The molecule has 104 valence electrons. The summed E-state index contributed by atoms with van der Waals surface area (Å²) >= 11 is 9.45. The van der Waals surface area contributed by atoms with Crippen molar-refractivity contribution in [1.82, 2.24) is 0 Å². The van der Waals surface area contributed by atoms with Gasteiger partial charge in [0.1, 0.15) is 0 Å². The molecule has 0 bridgehead atoms. The minimum absolute atomic E-state index is 0.0641. The highest BCUT2D eigenvalue weighted by atomic mass is 79.9. The zero-order chi connectivity index (χ0) is 14.7. The third-order valence-electron chi connectivity index (χ3n) is 2.84. The highest BCUT2D eigenvalue weighted by Crippen LogP contribution is 2.26. The fourth-order valence-corrected chi connectivity index (χ4v) is 2.45. The number of nitrogens with one attached hydrogen (secondary N) is 1. The van der Waals surface area contributed by atoms with E-state index in [2.05, 4.69) is 21.2 Å². The average Bonchev–Trinajstić information content (AvgIpc) is 2.40. The second-order valence-corrected chi connectivity index (χ2v) is 5.63. The van der Waals surface area contributed by atoms with Crippen LogP contribution in [-0.4, -0.2) is 4.92 Å². The normalized spacial score (nSPS) is 10.3. The number of nitrogens with zero attached hydrogens (tertiary/aromatic N) is 1. The summed E-state index contributed by atoms with van der Waals surface area (Å²) in [5, 5.41) is 14.6. The van der Waals surface area contributed by atoms with Gasteiger partial charge in [0.05, 0.1) is 15.6 Å². The molecular formula is C14H12BrClN2O2. The molecule has 4 nitrogen and oxygen atoms in total. The Balaban J connectivity index is 2.15. The molecule has 0 amide bonds. The van der Waals surface area contributed by atoms with Gasteiger partial charge in [0.25, 0.3) is 5.69 Å². The molecule has 0 atom stereocenters. The van der Waals surface area contributed by atoms with E-state index in [4.69, 9.17) is 11.6 Å². The lowest BCUT2D eigenvalue weighted by Gasteiger charge is -2.10. The monoisotopic (exact) mass is 354 g/mol. The van der Waals surface area contributed by atoms with E-state index in [1.807, 2.05) is 25.1 Å². The summed E-state index contributed by atoms with van der Waals surface area (Å²) in [6, 6.07) is 10.4. The number of non-ortho nitro benzene ring substituents is 1. The van der Waals surface area contributed by atoms with E-state index in [1.54, 1.807) is 6.07 Å². The molecule has 0 aromatic heterocycles. The lowest BCUT2D eigenvalue weighted by Crippen LogP contribution is -2.01. The highest BCUT2D eigenvalue weighted by molar-refractivity contribution is 9.10. The molecule has 0 saturated carbocycles. The molecule has 0 aliphatic rings. The van der Waals surface area contributed by atoms with Gasteiger partial charge in [-0.1, -0.05) is 33.6 Å². The fraction of sp³-hybridized carbons (Fsp3) is 0.143. The van der Waals surface area contributed by atoms with Crippen LogP contribution in [0.4, 0.5) is 11.4 Å². The number of nitro benzene ring substituents is 1. The number of halogens is 2. The van der Waals surface area contributed by atoms with Crippen molar-refractivity contribution in [3.05, 3.63) is 67.1 Å². The van der Waals surface area contributed by atoms with E-state index in [9.17, 15) is 10.1 Å². The zero-order valence-corrected chi connectivity index (χ0v) is 13.0. The van der Waals surface area contributed by atoms with E-state index in [1.165, 1.54) is 12.1 Å². The second-order valence-electron chi connectivity index (χ2n) is 4.37. The van der Waals surface area contributed by atoms with E-state index in [-0.39, 0.29) is 5.69 Å². The van der Waals surface area contributed by atoms with Crippen LogP contribution >= 0.6 is 27.5 Å². The molecule has 0 saturated heterocycles. The largest absolute Gasteiger partial charge is 0.380 e. The third-order valence-corrected chi connectivity index (χ3v) is 3.91. The van der Waals surface area contributed by atoms with Crippen LogP contribution in [0.1, 0.15) is 11.1 Å². The number of nitro groups is 1. The zero-order valence-electron chi connectivity index (χ0n) is 10.7. The standard InChI is InChI=1S/C14H12BrClN2O2/c1-9-2-5-13(16)14(6-9)17-8-10-3-4-11(18(19)20)7-12(10)15/h2-7,17H,8H2,1H3. The van der Waals surface area contributed by atoms with Crippen molar-refractivity contribution in [1.29, 1.82) is 0 Å². The molecule has 2 aromatic rings. The quantitative estimate of drug-likeness (QED) is 0.625. The van der Waals surface area contributed by atoms with Gasteiger partial charge in [-0.05, 0) is 36.2 Å². The fourth-order valence-electron chi connectivity index (χ4n) is 1.76. The summed E-state index contributed by atoms with van der Waals surface area (Å²) in [6.45, 7) is 2.52. The lowest BCUT2D eigenvalue weighted by molar-refractivity contribution is -0.384. The van der Waals surface area contributed by atoms with Crippen LogP contribution in [-0.2, 0) is 6.54 Å². The van der Waals surface area contributed by atoms with E-state index in [0.717, 1.165) is 16.8 Å². The van der Waals surface area contributed by atoms with Gasteiger partial charge in [0, 0.05) is 23.2 Å². The topological polar surface area (TPSA) is 55.2 Å². The Bertz CT molecular complexity index is 662. The molecule has 2 rings (SSSR count). The van der Waals surface area contributed by atoms with Crippen LogP contribution in [0.3, 0.4) is 0 Å². The Morgan fingerprint density at radius 3 is 2.70 bits per heavy atom. The van der Waals surface area contributed by atoms with Gasteiger partial charge >= 0.3 is 0 Å². The molecule has 0 radical (unpaired) electrons. The van der Waals surface area contributed by atoms with Gasteiger partial charge < -0.3 is 5.32 Å². The van der Waals surface area contributed by atoms with Crippen molar-refractivity contribution >= 4 is 38.9 Å². The van der Waals surface area contributed by atoms with E-state index in [0.29, 0.717) is 16.0 Å². The maximum Gasteiger partial charge on any atom is 0.270 e. The van der Waals surface area contributed by atoms with Gasteiger partial charge in [0.15, 0.2) is 0 Å². The Morgan fingerprint density at radius 1 is 1.30 bits per heavy atom. The van der Waals surface area contributed by atoms with Crippen LogP contribution < -0.4 is 5.32 Å². The molecule has 6 heteroatoms. The predicted octanol–water partition coefficient (Wildman–Crippen LogP) is 4.93. The summed E-state index contributed by atoms with van der Waals surface area (Å²) in [4.78, 5) is 10.3. The minimum atomic E-state index is -0.417. The van der Waals surface area contributed by atoms with Crippen molar-refractivity contribution in [3.63, 3.8) is 0 Å². The second kappa shape index (κ2) is 6.24. The maximum atomic E-state index is 10.7. The number of anilines is 1. The maximum absolute atomic E-state index is 10.7. The van der Waals surface area contributed by atoms with Gasteiger partial charge in [-0.3, -0.25) is 10.1 Å². The predicted molar refractivity (Wildman–Crippen MR) is 84.3 cm³/mol. The summed E-state index contributed by atoms with van der Waals surface area (Å²) in [6.07, 6.45) is 0. The molecule has 1 N–H and O–H groups in total. The summed E-state index contributed by atoms with van der Waals surface area (Å²) in [5.74, 6) is 0. The van der Waals surface area contributed by atoms with Crippen molar-refractivity contribution in [2.45, 2.75) is 13.5 Å². The molecule has 20 heavy (non-hydrogen) atoms. The van der Waals surface area contributed by atoms with Gasteiger partial charge in [-0.2, -0.15) is 0 Å². The summed E-state index contributed by atoms with van der Waals surface area (Å²) < 4.78 is 0.697. The van der Waals surface area contributed by atoms with Crippen molar-refractivity contribution in [3.8, 4) is 0 Å². The molecule has 0 unspecified atom stereocenters. The van der Waals surface area contributed by atoms with Crippen LogP contribution in [0, 0.1) is 17.0 Å². The lowest BCUT2D eigenvalue weighted by atomic mass is 10.2. The van der Waals surface area contributed by atoms with Crippen LogP contribution in [0.25, 0.3) is 0 Å². The van der Waals surface area contributed by atoms with Crippen molar-refractivity contribution in [2.75, 3.05) is 5.32 Å². The van der Waals surface area contributed by atoms with Crippen molar-refractivity contribution < 1.29 is 4.92 Å². The van der Waals surface area contributed by atoms with Gasteiger partial charge in [0.2, 0.25) is 0 Å². The molecule has 0 heterocycles. The number of aryl methyl sites for hydroxylation is 1. The first-order valence-electron chi connectivity index (χ1n) is 5.90. The number of rotatable bonds is 4. The smallest absolute Gasteiger partial charge is 0.270 e. The minimum Gasteiger partial charge on any atom is -0.380 e. The van der Waals surface area contributed by atoms with Crippen LogP contribution in [0.2, 0.25) is 5.02 Å². The number of hydrogen-bond acceptors (Lipinski definition) is 3. The van der Waals surface area contributed by atoms with Gasteiger partial charge in [-0.15, -0.1) is 0 Å². The Morgan fingerprint density at radius 2 is 2.05 bits per heavy atom. The van der Waals surface area contributed by atoms with E-state index >= 15 is 0 Å². The first kappa shape index (κ1) is 14.8. The first-order valence-corrected chi connectivity index (χ1v) is 7.07. The SMILES string of the molecule is Cc1ccc(Cl)c(NCc2ccc([N+](=O)[O-])cc2Br)c1. The molecular weight excluding hydrogens is 344 g/mol. The van der Waals surface area contributed by atoms with Gasteiger partial charge in [-0.25, -0.2) is 0 Å². The van der Waals surface area contributed by atoms with Crippen molar-refractivity contribution in [2.24, 2.45) is 0 Å².